The van der Waals surface area contributed by atoms with Crippen LogP contribution in [0.2, 0.25) is 0 Å². The lowest BCUT2D eigenvalue weighted by atomic mass is 9.95. The van der Waals surface area contributed by atoms with Gasteiger partial charge in [-0.2, -0.15) is 0 Å². The Hall–Kier alpha value is -2.82. The number of nitrogens with zero attached hydrogens (tertiary/aromatic N) is 1. The van der Waals surface area contributed by atoms with Crippen LogP contribution in [-0.4, -0.2) is 41.3 Å². The Kier molecular flexibility index (Phi) is 8.76. The van der Waals surface area contributed by atoms with E-state index in [2.05, 4.69) is 24.3 Å². The van der Waals surface area contributed by atoms with Gasteiger partial charge in [0.15, 0.2) is 0 Å². The first-order chi connectivity index (χ1) is 16.1. The fraction of sp³-hybridized carbons (Fsp3) is 0.517. The minimum atomic E-state index is -0.550. The van der Waals surface area contributed by atoms with E-state index in [0.717, 1.165) is 25.7 Å². The van der Waals surface area contributed by atoms with Crippen molar-refractivity contribution in [2.45, 2.75) is 77.4 Å². The summed E-state index contributed by atoms with van der Waals surface area (Å²) in [5.41, 5.74) is 1.40. The second-order valence-corrected chi connectivity index (χ2v) is 10.5. The number of rotatable bonds is 9. The Morgan fingerprint density at radius 2 is 1.21 bits per heavy atom. The predicted octanol–water partition coefficient (Wildman–Crippen LogP) is 6.20. The number of esters is 1. The third kappa shape index (κ3) is 8.19. The maximum atomic E-state index is 12.8. The molecule has 0 saturated carbocycles. The fourth-order valence-corrected chi connectivity index (χ4v) is 4.24. The van der Waals surface area contributed by atoms with Crippen LogP contribution in [0.25, 0.3) is 0 Å². The van der Waals surface area contributed by atoms with Gasteiger partial charge in [-0.15, -0.1) is 0 Å². The van der Waals surface area contributed by atoms with Gasteiger partial charge in [0.1, 0.15) is 11.2 Å². The van der Waals surface area contributed by atoms with Crippen LogP contribution in [0.15, 0.2) is 60.7 Å². The molecule has 0 spiro atoms. The van der Waals surface area contributed by atoms with E-state index in [1.165, 1.54) is 11.1 Å². The Labute approximate surface area is 204 Å². The fourth-order valence-electron chi connectivity index (χ4n) is 4.24. The molecule has 5 heteroatoms. The first-order valence-electron chi connectivity index (χ1n) is 12.4. The molecule has 2 aromatic carbocycles. The molecule has 0 aromatic heterocycles. The van der Waals surface area contributed by atoms with Gasteiger partial charge in [0.2, 0.25) is 0 Å². The van der Waals surface area contributed by atoms with E-state index < -0.39 is 11.2 Å². The summed E-state index contributed by atoms with van der Waals surface area (Å²) in [5, 5.41) is 0. The molecule has 0 bridgehead atoms. The van der Waals surface area contributed by atoms with E-state index in [4.69, 9.17) is 9.47 Å². The van der Waals surface area contributed by atoms with E-state index in [0.29, 0.717) is 25.9 Å². The monoisotopic (exact) mass is 465 g/mol. The second-order valence-electron chi connectivity index (χ2n) is 10.5. The van der Waals surface area contributed by atoms with Crippen molar-refractivity contribution in [1.82, 2.24) is 4.90 Å². The molecule has 34 heavy (non-hydrogen) atoms. The Morgan fingerprint density at radius 3 is 1.68 bits per heavy atom. The van der Waals surface area contributed by atoms with Crippen molar-refractivity contribution in [3.05, 3.63) is 71.8 Å². The van der Waals surface area contributed by atoms with E-state index >= 15 is 0 Å². The van der Waals surface area contributed by atoms with Gasteiger partial charge < -0.3 is 14.4 Å². The molecule has 1 saturated heterocycles. The van der Waals surface area contributed by atoms with Crippen molar-refractivity contribution in [1.29, 1.82) is 0 Å². The zero-order chi connectivity index (χ0) is 24.6. The maximum absolute atomic E-state index is 12.8. The maximum Gasteiger partial charge on any atom is 0.410 e. The molecule has 1 fully saturated rings. The van der Waals surface area contributed by atoms with Crippen molar-refractivity contribution < 1.29 is 19.1 Å². The van der Waals surface area contributed by atoms with Gasteiger partial charge in [-0.1, -0.05) is 60.7 Å². The SMILES string of the molecule is CC(C)(CCc1ccccc1)OC(=O)C1CCN(C(=O)OC(C)(C)CCc2ccccc2)CC1. The standard InChI is InChI=1S/C29H39NO4/c1-28(2,19-15-23-11-7-5-8-12-23)33-26(31)25-17-21-30(22-18-25)27(32)34-29(3,4)20-16-24-13-9-6-10-14-24/h5-14,25H,15-22H2,1-4H3. The highest BCUT2D eigenvalue weighted by molar-refractivity contribution is 5.74. The van der Waals surface area contributed by atoms with Gasteiger partial charge in [0.25, 0.3) is 0 Å². The first kappa shape index (κ1) is 25.8. The van der Waals surface area contributed by atoms with E-state index in [1.54, 1.807) is 4.90 Å². The molecule has 0 radical (unpaired) electrons. The minimum absolute atomic E-state index is 0.158. The summed E-state index contributed by atoms with van der Waals surface area (Å²) in [6.45, 7) is 8.87. The lowest BCUT2D eigenvalue weighted by Gasteiger charge is -2.35. The van der Waals surface area contributed by atoms with Crippen LogP contribution in [0.4, 0.5) is 4.79 Å². The van der Waals surface area contributed by atoms with Crippen LogP contribution >= 0.6 is 0 Å². The summed E-state index contributed by atoms with van der Waals surface area (Å²) in [7, 11) is 0. The van der Waals surface area contributed by atoms with Gasteiger partial charge >= 0.3 is 12.1 Å². The third-order valence-corrected chi connectivity index (χ3v) is 6.54. The molecule has 0 unspecified atom stereocenters. The largest absolute Gasteiger partial charge is 0.459 e. The zero-order valence-electron chi connectivity index (χ0n) is 21.1. The zero-order valence-corrected chi connectivity index (χ0v) is 21.1. The van der Waals surface area contributed by atoms with Gasteiger partial charge in [-0.05, 0) is 77.3 Å². The molecular formula is C29H39NO4. The average Bonchev–Trinajstić information content (AvgIpc) is 2.82. The Bertz CT molecular complexity index is 838. The normalized spacial score (nSPS) is 15.1. The molecule has 0 N–H and O–H groups in total. The lowest BCUT2D eigenvalue weighted by molar-refractivity contribution is -0.163. The average molecular weight is 466 g/mol. The predicted molar refractivity (Wildman–Crippen MR) is 135 cm³/mol. The number of piperidine rings is 1. The van der Waals surface area contributed by atoms with E-state index in [1.807, 2.05) is 64.1 Å². The highest BCUT2D eigenvalue weighted by Crippen LogP contribution is 2.26. The number of hydrogen-bond donors (Lipinski definition) is 0. The lowest BCUT2D eigenvalue weighted by Crippen LogP contribution is -2.44. The number of ether oxygens (including phenoxy) is 2. The second kappa shape index (κ2) is 11.5. The van der Waals surface area contributed by atoms with Gasteiger partial charge in [-0.3, -0.25) is 4.79 Å². The minimum Gasteiger partial charge on any atom is -0.459 e. The van der Waals surface area contributed by atoms with Crippen LogP contribution in [0.1, 0.15) is 64.5 Å². The van der Waals surface area contributed by atoms with E-state index in [-0.39, 0.29) is 18.0 Å². The summed E-state index contributed by atoms with van der Waals surface area (Å²) in [6, 6.07) is 20.5. The van der Waals surface area contributed by atoms with Crippen molar-refractivity contribution in [3.63, 3.8) is 0 Å². The van der Waals surface area contributed by atoms with Gasteiger partial charge in [0.05, 0.1) is 5.92 Å². The Morgan fingerprint density at radius 1 is 0.765 bits per heavy atom. The molecule has 5 nitrogen and oxygen atoms in total. The third-order valence-electron chi connectivity index (χ3n) is 6.54. The number of hydrogen-bond acceptors (Lipinski definition) is 4. The van der Waals surface area contributed by atoms with Crippen molar-refractivity contribution in [2.24, 2.45) is 5.92 Å². The van der Waals surface area contributed by atoms with Gasteiger partial charge in [-0.25, -0.2) is 4.79 Å². The van der Waals surface area contributed by atoms with Crippen LogP contribution in [0, 0.1) is 5.92 Å². The summed E-state index contributed by atoms with van der Waals surface area (Å²) in [6.07, 6.45) is 4.16. The van der Waals surface area contributed by atoms with Crippen LogP contribution in [-0.2, 0) is 27.1 Å². The Balaban J connectivity index is 1.41. The van der Waals surface area contributed by atoms with Crippen LogP contribution in [0.3, 0.4) is 0 Å². The van der Waals surface area contributed by atoms with Crippen molar-refractivity contribution in [3.8, 4) is 0 Å². The van der Waals surface area contributed by atoms with Crippen LogP contribution < -0.4 is 0 Å². The highest BCUT2D eigenvalue weighted by atomic mass is 16.6. The molecule has 0 aliphatic carbocycles. The molecular weight excluding hydrogens is 426 g/mol. The number of carbonyl (C=O) groups excluding carboxylic acids is 2. The molecule has 3 rings (SSSR count). The van der Waals surface area contributed by atoms with Gasteiger partial charge in [0, 0.05) is 13.1 Å². The number of carbonyl (C=O) groups is 2. The highest BCUT2D eigenvalue weighted by Gasteiger charge is 2.34. The van der Waals surface area contributed by atoms with Crippen molar-refractivity contribution in [2.75, 3.05) is 13.1 Å². The summed E-state index contributed by atoms with van der Waals surface area (Å²) >= 11 is 0. The number of likely N-dealkylation sites (tertiary alicyclic amines) is 1. The summed E-state index contributed by atoms with van der Waals surface area (Å²) in [5.74, 6) is -0.333. The number of amides is 1. The molecule has 2 aromatic rings. The smallest absolute Gasteiger partial charge is 0.410 e. The van der Waals surface area contributed by atoms with Crippen LogP contribution in [0.5, 0.6) is 0 Å². The molecule has 1 aliphatic rings. The number of benzene rings is 2. The quantitative estimate of drug-likeness (QED) is 0.414. The van der Waals surface area contributed by atoms with Crippen molar-refractivity contribution >= 4 is 12.1 Å². The molecule has 1 amide bonds. The molecule has 0 atom stereocenters. The molecule has 184 valence electrons. The summed E-state index contributed by atoms with van der Waals surface area (Å²) in [4.78, 5) is 27.2. The first-order valence-corrected chi connectivity index (χ1v) is 12.4. The molecule has 1 heterocycles. The molecule has 1 aliphatic heterocycles. The topological polar surface area (TPSA) is 55.8 Å². The van der Waals surface area contributed by atoms with E-state index in [9.17, 15) is 9.59 Å². The number of aryl methyl sites for hydroxylation is 2. The summed E-state index contributed by atoms with van der Waals surface area (Å²) < 4.78 is 11.7.